The molecule has 0 spiro atoms. The molecule has 0 N–H and O–H groups in total. The van der Waals surface area contributed by atoms with Crippen LogP contribution in [0.4, 0.5) is 5.69 Å². The smallest absolute Gasteiger partial charge is 0.210 e. The van der Waals surface area contributed by atoms with E-state index in [4.69, 9.17) is 9.47 Å². The van der Waals surface area contributed by atoms with Crippen LogP contribution in [0.3, 0.4) is 0 Å². The van der Waals surface area contributed by atoms with Crippen molar-refractivity contribution < 1.29 is 14.0 Å². The van der Waals surface area contributed by atoms with Crippen LogP contribution in [0, 0.1) is 0 Å². The zero-order valence-corrected chi connectivity index (χ0v) is 19.2. The van der Waals surface area contributed by atoms with E-state index in [2.05, 4.69) is 76.6 Å². The van der Waals surface area contributed by atoms with Gasteiger partial charge in [0.1, 0.15) is 11.5 Å². The Bertz CT molecular complexity index is 1080. The molecule has 0 atom stereocenters. The van der Waals surface area contributed by atoms with E-state index in [-0.39, 0.29) is 12.2 Å². The maximum atomic E-state index is 5.74. The number of benzene rings is 2. The van der Waals surface area contributed by atoms with Gasteiger partial charge in [-0.1, -0.05) is 6.08 Å². The first-order chi connectivity index (χ1) is 15.5. The molecule has 32 heavy (non-hydrogen) atoms. The molecule has 0 amide bonds. The second-order valence-corrected chi connectivity index (χ2v) is 8.44. The molecule has 0 fully saturated rings. The SMILES string of the molecule is CC(C)Oc1ccc(N2C=CC(c3cc[n+](-c4ccc(OC(C)C)cc4)cc3)=CC2)cc1. The number of aromatic nitrogens is 1. The van der Waals surface area contributed by atoms with Crippen LogP contribution in [-0.4, -0.2) is 18.8 Å². The van der Waals surface area contributed by atoms with Gasteiger partial charge in [-0.3, -0.25) is 0 Å². The van der Waals surface area contributed by atoms with Crippen LogP contribution in [-0.2, 0) is 0 Å². The molecule has 0 aliphatic carbocycles. The van der Waals surface area contributed by atoms with Crippen LogP contribution < -0.4 is 18.9 Å². The summed E-state index contributed by atoms with van der Waals surface area (Å²) < 4.78 is 13.6. The summed E-state index contributed by atoms with van der Waals surface area (Å²) in [7, 11) is 0. The minimum atomic E-state index is 0.179. The minimum Gasteiger partial charge on any atom is -0.491 e. The maximum Gasteiger partial charge on any atom is 0.210 e. The van der Waals surface area contributed by atoms with E-state index in [1.54, 1.807) is 0 Å². The lowest BCUT2D eigenvalue weighted by molar-refractivity contribution is -0.595. The molecule has 3 aromatic rings. The predicted octanol–water partition coefficient (Wildman–Crippen LogP) is 5.96. The third-order valence-electron chi connectivity index (χ3n) is 5.15. The molecule has 0 saturated heterocycles. The van der Waals surface area contributed by atoms with E-state index in [1.807, 2.05) is 52.0 Å². The number of nitrogens with zero attached hydrogens (tertiary/aromatic N) is 2. The monoisotopic (exact) mass is 427 g/mol. The van der Waals surface area contributed by atoms with Gasteiger partial charge in [-0.05, 0) is 81.3 Å². The van der Waals surface area contributed by atoms with Crippen LogP contribution >= 0.6 is 0 Å². The molecular weight excluding hydrogens is 396 g/mol. The van der Waals surface area contributed by atoms with Crippen molar-refractivity contribution >= 4 is 11.3 Å². The first-order valence-electron chi connectivity index (χ1n) is 11.2. The normalized spacial score (nSPS) is 13.4. The molecule has 0 bridgehead atoms. The minimum absolute atomic E-state index is 0.179. The van der Waals surface area contributed by atoms with E-state index in [1.165, 1.54) is 11.1 Å². The molecular formula is C28H31N2O2+. The van der Waals surface area contributed by atoms with Crippen molar-refractivity contribution in [3.8, 4) is 17.2 Å². The van der Waals surface area contributed by atoms with Gasteiger partial charge < -0.3 is 14.4 Å². The third-order valence-corrected chi connectivity index (χ3v) is 5.15. The zero-order valence-electron chi connectivity index (χ0n) is 19.2. The Balaban J connectivity index is 1.40. The van der Waals surface area contributed by atoms with Gasteiger partial charge in [0.2, 0.25) is 5.69 Å². The topological polar surface area (TPSA) is 25.6 Å². The summed E-state index contributed by atoms with van der Waals surface area (Å²) in [5, 5.41) is 0. The molecule has 164 valence electrons. The van der Waals surface area contributed by atoms with Crippen molar-refractivity contribution in [1.29, 1.82) is 0 Å². The van der Waals surface area contributed by atoms with Gasteiger partial charge in [-0.2, -0.15) is 4.57 Å². The lowest BCUT2D eigenvalue weighted by Gasteiger charge is -2.23. The van der Waals surface area contributed by atoms with Crippen LogP contribution in [0.25, 0.3) is 11.3 Å². The first kappa shape index (κ1) is 21.7. The van der Waals surface area contributed by atoms with Gasteiger partial charge in [0.05, 0.1) is 12.2 Å². The van der Waals surface area contributed by atoms with Crippen LogP contribution in [0.5, 0.6) is 11.5 Å². The maximum absolute atomic E-state index is 5.74. The Morgan fingerprint density at radius 3 is 1.81 bits per heavy atom. The Morgan fingerprint density at radius 2 is 1.31 bits per heavy atom. The summed E-state index contributed by atoms with van der Waals surface area (Å²) in [5.74, 6) is 1.80. The molecule has 2 aromatic carbocycles. The fraction of sp³-hybridized carbons (Fsp3) is 0.250. The van der Waals surface area contributed by atoms with Crippen molar-refractivity contribution in [2.75, 3.05) is 11.4 Å². The van der Waals surface area contributed by atoms with Gasteiger partial charge >= 0.3 is 0 Å². The second-order valence-electron chi connectivity index (χ2n) is 8.44. The van der Waals surface area contributed by atoms with Crippen LogP contribution in [0.1, 0.15) is 33.3 Å². The van der Waals surface area contributed by atoms with Gasteiger partial charge in [0.25, 0.3) is 0 Å². The number of anilines is 1. The summed E-state index contributed by atoms with van der Waals surface area (Å²) in [6.07, 6.45) is 11.1. The lowest BCUT2D eigenvalue weighted by Crippen LogP contribution is -2.29. The number of hydrogen-bond acceptors (Lipinski definition) is 3. The average molecular weight is 428 g/mol. The second kappa shape index (κ2) is 9.73. The Kier molecular flexibility index (Phi) is 6.60. The largest absolute Gasteiger partial charge is 0.491 e. The number of allylic oxidation sites excluding steroid dienone is 2. The molecule has 0 radical (unpaired) electrons. The lowest BCUT2D eigenvalue weighted by atomic mass is 10.0. The predicted molar refractivity (Wildman–Crippen MR) is 130 cm³/mol. The van der Waals surface area contributed by atoms with E-state index >= 15 is 0 Å². The number of pyridine rings is 1. The van der Waals surface area contributed by atoms with Crippen molar-refractivity contribution in [1.82, 2.24) is 0 Å². The van der Waals surface area contributed by atoms with E-state index in [0.717, 1.165) is 29.4 Å². The Hall–Kier alpha value is -3.53. The summed E-state index contributed by atoms with van der Waals surface area (Å²) in [6, 6.07) is 20.7. The van der Waals surface area contributed by atoms with E-state index in [9.17, 15) is 0 Å². The Labute approximate surface area is 191 Å². The summed E-state index contributed by atoms with van der Waals surface area (Å²) in [6.45, 7) is 8.98. The molecule has 1 aliphatic rings. The fourth-order valence-corrected chi connectivity index (χ4v) is 3.65. The highest BCUT2D eigenvalue weighted by molar-refractivity contribution is 5.76. The summed E-state index contributed by atoms with van der Waals surface area (Å²) in [4.78, 5) is 2.23. The average Bonchev–Trinajstić information content (AvgIpc) is 2.80. The number of hydrogen-bond donors (Lipinski definition) is 0. The summed E-state index contributed by atoms with van der Waals surface area (Å²) >= 11 is 0. The van der Waals surface area contributed by atoms with Gasteiger partial charge in [-0.15, -0.1) is 0 Å². The molecule has 1 aromatic heterocycles. The van der Waals surface area contributed by atoms with E-state index < -0.39 is 0 Å². The number of ether oxygens (including phenoxy) is 2. The quantitative estimate of drug-likeness (QED) is 0.435. The standard InChI is InChI=1S/C28H31N2O2/c1-21(2)31-27-9-5-25(6-10-27)29-17-13-23(14-18-29)24-15-19-30(20-16-24)26-7-11-28(12-8-26)32-22(3)4/h5-19,21-22H,20H2,1-4H3/q+1. The van der Waals surface area contributed by atoms with Crippen molar-refractivity contribution in [2.24, 2.45) is 0 Å². The van der Waals surface area contributed by atoms with Crippen molar-refractivity contribution in [3.05, 3.63) is 97.0 Å². The highest BCUT2D eigenvalue weighted by atomic mass is 16.5. The molecule has 1 aliphatic heterocycles. The van der Waals surface area contributed by atoms with Crippen LogP contribution in [0.15, 0.2) is 91.4 Å². The molecule has 4 nitrogen and oxygen atoms in total. The fourth-order valence-electron chi connectivity index (χ4n) is 3.65. The van der Waals surface area contributed by atoms with Gasteiger partial charge in [-0.25, -0.2) is 0 Å². The summed E-state index contributed by atoms with van der Waals surface area (Å²) in [5.41, 5.74) is 4.70. The molecule has 2 heterocycles. The van der Waals surface area contributed by atoms with Gasteiger partial charge in [0, 0.05) is 42.7 Å². The first-order valence-corrected chi connectivity index (χ1v) is 11.2. The molecule has 0 saturated carbocycles. The van der Waals surface area contributed by atoms with Crippen molar-refractivity contribution in [2.45, 2.75) is 39.9 Å². The number of rotatable bonds is 7. The molecule has 0 unspecified atom stereocenters. The van der Waals surface area contributed by atoms with Crippen molar-refractivity contribution in [3.63, 3.8) is 0 Å². The highest BCUT2D eigenvalue weighted by Crippen LogP contribution is 2.25. The molecule has 4 heteroatoms. The Morgan fingerprint density at radius 1 is 0.750 bits per heavy atom. The van der Waals surface area contributed by atoms with Crippen LogP contribution in [0.2, 0.25) is 0 Å². The van der Waals surface area contributed by atoms with Gasteiger partial charge in [0.15, 0.2) is 12.4 Å². The zero-order chi connectivity index (χ0) is 22.5. The third kappa shape index (κ3) is 5.38. The highest BCUT2D eigenvalue weighted by Gasteiger charge is 2.12. The molecule has 4 rings (SSSR count). The van der Waals surface area contributed by atoms with E-state index in [0.29, 0.717) is 0 Å².